The second-order valence-corrected chi connectivity index (χ2v) is 5.72. The fraction of sp³-hybridized carbons (Fsp3) is 0.529. The smallest absolute Gasteiger partial charge is 0.220 e. The van der Waals surface area contributed by atoms with Crippen molar-refractivity contribution >= 4 is 11.7 Å². The standard InChI is InChI=1S/C17H23NO2/c1-13-7-5-6-10-15(13)18-17(20)12-11-16(19)14-8-3-2-4-9-14/h2-4,8-9,13,15H,5-7,10-12H2,1H3,(H,18,20)/t13-,15-/m1/s1. The molecule has 0 unspecified atom stereocenters. The zero-order chi connectivity index (χ0) is 14.4. The minimum Gasteiger partial charge on any atom is -0.353 e. The van der Waals surface area contributed by atoms with Gasteiger partial charge in [-0.1, -0.05) is 50.1 Å². The lowest BCUT2D eigenvalue weighted by Gasteiger charge is -2.29. The van der Waals surface area contributed by atoms with E-state index in [0.29, 0.717) is 17.5 Å². The molecule has 0 saturated heterocycles. The van der Waals surface area contributed by atoms with Gasteiger partial charge in [0, 0.05) is 24.4 Å². The summed E-state index contributed by atoms with van der Waals surface area (Å²) in [6, 6.07) is 9.46. The molecule has 1 aromatic rings. The van der Waals surface area contributed by atoms with Gasteiger partial charge in [0.15, 0.2) is 5.78 Å². The van der Waals surface area contributed by atoms with Gasteiger partial charge in [-0.25, -0.2) is 0 Å². The molecule has 3 nitrogen and oxygen atoms in total. The quantitative estimate of drug-likeness (QED) is 0.836. The topological polar surface area (TPSA) is 46.2 Å². The Morgan fingerprint density at radius 2 is 1.80 bits per heavy atom. The summed E-state index contributed by atoms with van der Waals surface area (Å²) in [5.74, 6) is 0.600. The molecule has 0 spiro atoms. The Hall–Kier alpha value is -1.64. The second kappa shape index (κ2) is 7.22. The predicted octanol–water partition coefficient (Wildman–Crippen LogP) is 3.34. The lowest BCUT2D eigenvalue weighted by Crippen LogP contribution is -2.41. The van der Waals surface area contributed by atoms with E-state index in [4.69, 9.17) is 0 Å². The minimum atomic E-state index is 0.00744. The number of Topliss-reactive ketones (excluding diaryl/α,β-unsaturated/α-hetero) is 1. The van der Waals surface area contributed by atoms with Crippen LogP contribution in [0.2, 0.25) is 0 Å². The van der Waals surface area contributed by atoms with Gasteiger partial charge in [0.05, 0.1) is 0 Å². The summed E-state index contributed by atoms with van der Waals surface area (Å²) in [6.45, 7) is 2.19. The van der Waals surface area contributed by atoms with Crippen LogP contribution < -0.4 is 5.32 Å². The van der Waals surface area contributed by atoms with E-state index in [1.54, 1.807) is 12.1 Å². The fourth-order valence-corrected chi connectivity index (χ4v) is 2.81. The van der Waals surface area contributed by atoms with E-state index in [9.17, 15) is 9.59 Å². The van der Waals surface area contributed by atoms with E-state index < -0.39 is 0 Å². The highest BCUT2D eigenvalue weighted by molar-refractivity contribution is 5.97. The van der Waals surface area contributed by atoms with Crippen molar-refractivity contribution < 1.29 is 9.59 Å². The highest BCUT2D eigenvalue weighted by Crippen LogP contribution is 2.23. The van der Waals surface area contributed by atoms with Crippen LogP contribution in [0.25, 0.3) is 0 Å². The first-order valence-corrected chi connectivity index (χ1v) is 7.54. The van der Waals surface area contributed by atoms with Crippen molar-refractivity contribution in [3.8, 4) is 0 Å². The Morgan fingerprint density at radius 1 is 1.10 bits per heavy atom. The van der Waals surface area contributed by atoms with Crippen molar-refractivity contribution in [3.63, 3.8) is 0 Å². The monoisotopic (exact) mass is 273 g/mol. The van der Waals surface area contributed by atoms with Crippen LogP contribution in [-0.2, 0) is 4.79 Å². The molecule has 1 saturated carbocycles. The number of carbonyl (C=O) groups excluding carboxylic acids is 2. The molecule has 1 aliphatic rings. The Morgan fingerprint density at radius 3 is 2.50 bits per heavy atom. The average Bonchev–Trinajstić information content (AvgIpc) is 2.48. The Bertz CT molecular complexity index is 455. The Balaban J connectivity index is 1.76. The van der Waals surface area contributed by atoms with E-state index in [1.807, 2.05) is 18.2 Å². The molecule has 0 radical (unpaired) electrons. The van der Waals surface area contributed by atoms with E-state index in [-0.39, 0.29) is 24.5 Å². The second-order valence-electron chi connectivity index (χ2n) is 5.72. The normalized spacial score (nSPS) is 22.2. The van der Waals surface area contributed by atoms with E-state index in [1.165, 1.54) is 19.3 Å². The van der Waals surface area contributed by atoms with Crippen molar-refractivity contribution in [2.24, 2.45) is 5.92 Å². The van der Waals surface area contributed by atoms with Crippen molar-refractivity contribution in [1.29, 1.82) is 0 Å². The van der Waals surface area contributed by atoms with Crippen LogP contribution in [0.5, 0.6) is 0 Å². The van der Waals surface area contributed by atoms with E-state index in [2.05, 4.69) is 12.2 Å². The molecule has 108 valence electrons. The molecule has 1 aliphatic carbocycles. The maximum Gasteiger partial charge on any atom is 0.220 e. The van der Waals surface area contributed by atoms with Gasteiger partial charge in [-0.15, -0.1) is 0 Å². The largest absolute Gasteiger partial charge is 0.353 e. The van der Waals surface area contributed by atoms with Gasteiger partial charge in [0.25, 0.3) is 0 Å². The summed E-state index contributed by atoms with van der Waals surface area (Å²) in [6.07, 6.45) is 5.29. The first-order valence-electron chi connectivity index (χ1n) is 7.54. The molecule has 1 fully saturated rings. The fourth-order valence-electron chi connectivity index (χ4n) is 2.81. The van der Waals surface area contributed by atoms with Crippen LogP contribution in [0.15, 0.2) is 30.3 Å². The summed E-state index contributed by atoms with van der Waals surface area (Å²) in [7, 11) is 0. The zero-order valence-electron chi connectivity index (χ0n) is 12.1. The first-order chi connectivity index (χ1) is 9.66. The van der Waals surface area contributed by atoms with Crippen molar-refractivity contribution in [2.75, 3.05) is 0 Å². The third-order valence-electron chi connectivity index (χ3n) is 4.13. The zero-order valence-corrected chi connectivity index (χ0v) is 12.1. The van der Waals surface area contributed by atoms with Gasteiger partial charge in [-0.2, -0.15) is 0 Å². The Labute approximate surface area is 120 Å². The van der Waals surface area contributed by atoms with Crippen LogP contribution in [0.4, 0.5) is 0 Å². The summed E-state index contributed by atoms with van der Waals surface area (Å²) in [5, 5.41) is 3.08. The SMILES string of the molecule is C[C@@H]1CCCC[C@H]1NC(=O)CCC(=O)c1ccccc1. The molecule has 2 rings (SSSR count). The van der Waals surface area contributed by atoms with Gasteiger partial charge in [-0.05, 0) is 18.8 Å². The molecule has 2 atom stereocenters. The number of benzene rings is 1. The molecular weight excluding hydrogens is 250 g/mol. The van der Waals surface area contributed by atoms with Gasteiger partial charge >= 0.3 is 0 Å². The minimum absolute atomic E-state index is 0.00744. The molecule has 0 bridgehead atoms. The number of hydrogen-bond acceptors (Lipinski definition) is 2. The summed E-state index contributed by atoms with van der Waals surface area (Å²) in [4.78, 5) is 23.9. The molecule has 1 N–H and O–H groups in total. The molecule has 0 aromatic heterocycles. The van der Waals surface area contributed by atoms with Crippen LogP contribution >= 0.6 is 0 Å². The van der Waals surface area contributed by atoms with Crippen molar-refractivity contribution in [2.45, 2.75) is 51.5 Å². The van der Waals surface area contributed by atoms with Crippen LogP contribution in [0.1, 0.15) is 55.8 Å². The third kappa shape index (κ3) is 4.19. The molecule has 3 heteroatoms. The summed E-state index contributed by atoms with van der Waals surface area (Å²) in [5.41, 5.74) is 0.686. The molecule has 0 heterocycles. The maximum absolute atomic E-state index is 11.9. The number of hydrogen-bond donors (Lipinski definition) is 1. The van der Waals surface area contributed by atoms with E-state index in [0.717, 1.165) is 6.42 Å². The van der Waals surface area contributed by atoms with Gasteiger partial charge < -0.3 is 5.32 Å². The van der Waals surface area contributed by atoms with E-state index >= 15 is 0 Å². The van der Waals surface area contributed by atoms with Gasteiger partial charge in [0.2, 0.25) is 5.91 Å². The number of rotatable bonds is 5. The molecule has 1 amide bonds. The number of amides is 1. The highest BCUT2D eigenvalue weighted by Gasteiger charge is 2.22. The lowest BCUT2D eigenvalue weighted by atomic mass is 9.86. The lowest BCUT2D eigenvalue weighted by molar-refractivity contribution is -0.122. The molecular formula is C17H23NO2. The van der Waals surface area contributed by atoms with Crippen LogP contribution in [0.3, 0.4) is 0 Å². The van der Waals surface area contributed by atoms with Crippen LogP contribution in [0, 0.1) is 5.92 Å². The molecule has 20 heavy (non-hydrogen) atoms. The number of nitrogens with one attached hydrogen (secondary N) is 1. The number of ketones is 1. The van der Waals surface area contributed by atoms with Gasteiger partial charge in [0.1, 0.15) is 0 Å². The maximum atomic E-state index is 11.9. The number of carbonyl (C=O) groups is 2. The summed E-state index contributed by atoms with van der Waals surface area (Å²) < 4.78 is 0. The van der Waals surface area contributed by atoms with Gasteiger partial charge in [-0.3, -0.25) is 9.59 Å². The molecule has 0 aliphatic heterocycles. The highest BCUT2D eigenvalue weighted by atomic mass is 16.2. The summed E-state index contributed by atoms with van der Waals surface area (Å²) >= 11 is 0. The average molecular weight is 273 g/mol. The Kier molecular flexibility index (Phi) is 5.33. The van der Waals surface area contributed by atoms with Crippen molar-refractivity contribution in [1.82, 2.24) is 5.32 Å². The molecule has 1 aromatic carbocycles. The predicted molar refractivity (Wildman–Crippen MR) is 79.6 cm³/mol. The van der Waals surface area contributed by atoms with Crippen LogP contribution in [-0.4, -0.2) is 17.7 Å². The van der Waals surface area contributed by atoms with Crippen molar-refractivity contribution in [3.05, 3.63) is 35.9 Å². The third-order valence-corrected chi connectivity index (χ3v) is 4.13. The first kappa shape index (κ1) is 14.8.